The second-order valence-electron chi connectivity index (χ2n) is 8.98. The largest absolute Gasteiger partial charge is 0.349 e. The zero-order valence-electron chi connectivity index (χ0n) is 19.5. The first-order valence-corrected chi connectivity index (χ1v) is 12.5. The Hall–Kier alpha value is -3.37. The van der Waals surface area contributed by atoms with Gasteiger partial charge in [-0.2, -0.15) is 0 Å². The molecule has 8 nitrogen and oxygen atoms in total. The summed E-state index contributed by atoms with van der Waals surface area (Å²) in [5, 5.41) is 3.30. The summed E-state index contributed by atoms with van der Waals surface area (Å²) in [7, 11) is 0. The minimum absolute atomic E-state index is 0.116. The lowest BCUT2D eigenvalue weighted by atomic mass is 9.85. The lowest BCUT2D eigenvalue weighted by molar-refractivity contribution is 0.0904. The number of fused-ring (bicyclic) bond motifs is 1. The number of alkyl halides is 2. The van der Waals surface area contributed by atoms with Crippen molar-refractivity contribution in [3.8, 4) is 5.69 Å². The molecule has 0 saturated heterocycles. The van der Waals surface area contributed by atoms with Crippen LogP contribution < -0.4 is 11.0 Å². The van der Waals surface area contributed by atoms with Crippen LogP contribution in [0.1, 0.15) is 48.2 Å². The molecule has 1 amide bonds. The Balaban J connectivity index is 1.31. The highest BCUT2D eigenvalue weighted by molar-refractivity contribution is 6.32. The van der Waals surface area contributed by atoms with E-state index in [4.69, 9.17) is 23.2 Å². The maximum Gasteiger partial charge on any atom is 0.335 e. The summed E-state index contributed by atoms with van der Waals surface area (Å²) in [6.07, 6.45) is 5.68. The van der Waals surface area contributed by atoms with Gasteiger partial charge in [-0.15, -0.1) is 0 Å². The molecule has 1 N–H and O–H groups in total. The molecule has 4 heterocycles. The molecular weight excluding hydrogens is 525 g/mol. The van der Waals surface area contributed by atoms with Gasteiger partial charge in [-0.3, -0.25) is 19.3 Å². The molecule has 0 unspecified atom stereocenters. The fourth-order valence-electron chi connectivity index (χ4n) is 4.84. The number of pyridine rings is 3. The Bertz CT molecular complexity index is 1510. The number of carbonyl (C=O) groups excluding carboxylic acids is 1. The molecule has 12 heteroatoms. The number of hydrogen-bond donors (Lipinski definition) is 1. The van der Waals surface area contributed by atoms with Gasteiger partial charge in [0.25, 0.3) is 12.3 Å². The van der Waals surface area contributed by atoms with Crippen molar-refractivity contribution < 1.29 is 13.6 Å². The fourth-order valence-corrected chi connectivity index (χ4v) is 5.21. The van der Waals surface area contributed by atoms with Crippen LogP contribution in [-0.2, 0) is 6.54 Å². The third kappa shape index (κ3) is 5.08. The topological polar surface area (TPSA) is 94.7 Å². The van der Waals surface area contributed by atoms with E-state index < -0.39 is 18.0 Å². The van der Waals surface area contributed by atoms with Crippen molar-refractivity contribution in [1.82, 2.24) is 29.4 Å². The van der Waals surface area contributed by atoms with Crippen molar-refractivity contribution in [3.05, 3.63) is 80.8 Å². The molecule has 1 saturated carbocycles. The molecule has 0 aromatic carbocycles. The molecule has 1 fully saturated rings. The monoisotopic (exact) mass is 546 g/mol. The number of hydrogen-bond acceptors (Lipinski definition) is 5. The smallest absolute Gasteiger partial charge is 0.335 e. The maximum atomic E-state index is 13.5. The van der Waals surface area contributed by atoms with E-state index in [-0.39, 0.29) is 28.2 Å². The minimum atomic E-state index is -2.88. The number of imidazole rings is 1. The van der Waals surface area contributed by atoms with Crippen LogP contribution in [0.15, 0.2) is 53.8 Å². The molecule has 37 heavy (non-hydrogen) atoms. The van der Waals surface area contributed by atoms with E-state index in [0.717, 1.165) is 19.0 Å². The van der Waals surface area contributed by atoms with E-state index in [9.17, 15) is 18.4 Å². The van der Waals surface area contributed by atoms with Crippen LogP contribution in [-0.4, -0.2) is 36.0 Å². The highest BCUT2D eigenvalue weighted by atomic mass is 35.5. The first-order chi connectivity index (χ1) is 17.8. The van der Waals surface area contributed by atoms with E-state index >= 15 is 0 Å². The summed E-state index contributed by atoms with van der Waals surface area (Å²) in [6.45, 7) is 0.477. The van der Waals surface area contributed by atoms with Gasteiger partial charge in [0.1, 0.15) is 5.69 Å². The number of halogens is 4. The van der Waals surface area contributed by atoms with E-state index in [1.54, 1.807) is 29.1 Å². The Morgan fingerprint density at radius 2 is 1.89 bits per heavy atom. The average molecular weight is 547 g/mol. The molecule has 0 radical (unpaired) electrons. The number of nitrogens with zero attached hydrogens (tertiary/aromatic N) is 5. The zero-order chi connectivity index (χ0) is 26.1. The lowest BCUT2D eigenvalue weighted by Crippen LogP contribution is -2.39. The van der Waals surface area contributed by atoms with Crippen LogP contribution in [0.4, 0.5) is 8.78 Å². The molecule has 4 aromatic rings. The lowest BCUT2D eigenvalue weighted by Gasteiger charge is -2.29. The molecule has 1 aliphatic carbocycles. The van der Waals surface area contributed by atoms with Gasteiger partial charge < -0.3 is 5.32 Å². The van der Waals surface area contributed by atoms with Crippen LogP contribution in [0.2, 0.25) is 10.0 Å². The first kappa shape index (κ1) is 25.3. The van der Waals surface area contributed by atoms with Gasteiger partial charge >= 0.3 is 5.69 Å². The predicted octanol–water partition coefficient (Wildman–Crippen LogP) is 5.21. The van der Waals surface area contributed by atoms with Gasteiger partial charge in [-0.1, -0.05) is 23.2 Å². The average Bonchev–Trinajstić information content (AvgIpc) is 3.16. The Morgan fingerprint density at radius 3 is 2.62 bits per heavy atom. The van der Waals surface area contributed by atoms with Gasteiger partial charge in [0.05, 0.1) is 26.8 Å². The van der Waals surface area contributed by atoms with Gasteiger partial charge in [0.2, 0.25) is 0 Å². The summed E-state index contributed by atoms with van der Waals surface area (Å²) in [5.41, 5.74) is 0.662. The van der Waals surface area contributed by atoms with E-state index in [1.165, 1.54) is 16.8 Å². The second kappa shape index (κ2) is 10.5. The molecule has 0 aliphatic heterocycles. The molecule has 0 bridgehead atoms. The second-order valence-corrected chi connectivity index (χ2v) is 9.82. The van der Waals surface area contributed by atoms with E-state index in [2.05, 4.69) is 20.3 Å². The van der Waals surface area contributed by atoms with Crippen molar-refractivity contribution in [2.24, 2.45) is 5.92 Å². The zero-order valence-corrected chi connectivity index (χ0v) is 21.0. The van der Waals surface area contributed by atoms with Crippen LogP contribution in [0, 0.1) is 5.92 Å². The number of nitrogens with one attached hydrogen (secondary N) is 1. The highest BCUT2D eigenvalue weighted by Crippen LogP contribution is 2.29. The number of aromatic nitrogens is 5. The number of rotatable bonds is 6. The van der Waals surface area contributed by atoms with Crippen molar-refractivity contribution >= 4 is 40.3 Å². The van der Waals surface area contributed by atoms with Crippen molar-refractivity contribution in [3.63, 3.8) is 0 Å². The maximum absolute atomic E-state index is 13.5. The van der Waals surface area contributed by atoms with E-state index in [1.807, 2.05) is 6.07 Å². The predicted molar refractivity (Wildman–Crippen MR) is 136 cm³/mol. The third-order valence-corrected chi connectivity index (χ3v) is 7.14. The number of amides is 1. The Kier molecular flexibility index (Phi) is 7.21. The molecule has 0 atom stereocenters. The summed E-state index contributed by atoms with van der Waals surface area (Å²) in [4.78, 5) is 38.2. The van der Waals surface area contributed by atoms with Crippen LogP contribution >= 0.6 is 23.2 Å². The quantitative estimate of drug-likeness (QED) is 0.358. The molecule has 0 spiro atoms. The molecule has 1 aliphatic rings. The Labute approximate surface area is 220 Å². The summed E-state index contributed by atoms with van der Waals surface area (Å²) >= 11 is 12.2. The normalized spacial score (nSPS) is 17.9. The fraction of sp³-hybridized carbons (Fsp3) is 0.320. The minimum Gasteiger partial charge on any atom is -0.349 e. The Morgan fingerprint density at radius 1 is 1.11 bits per heavy atom. The summed E-state index contributed by atoms with van der Waals surface area (Å²) < 4.78 is 29.8. The highest BCUT2D eigenvalue weighted by Gasteiger charge is 2.27. The van der Waals surface area contributed by atoms with Crippen molar-refractivity contribution in [2.45, 2.75) is 44.7 Å². The number of carbonyl (C=O) groups is 1. The van der Waals surface area contributed by atoms with Crippen molar-refractivity contribution in [2.75, 3.05) is 0 Å². The SMILES string of the molecule is O=C(N[C@H]1CC[C@H](Cn2c(=O)n(-c3ccncc3Cl)c3ncccc32)CC1)c1cc(Cl)cnc1C(F)F. The first-order valence-electron chi connectivity index (χ1n) is 11.7. The van der Waals surface area contributed by atoms with Gasteiger partial charge in [-0.05, 0) is 55.9 Å². The molecular formula is C25H22Cl2F2N6O2. The standard InChI is InChI=1S/C25H22Cl2F2N6O2/c26-15-10-17(21(22(28)29)32-11-15)24(36)33-16-5-3-14(4-6-16)13-34-20-2-1-8-31-23(20)35(25(34)37)19-7-9-30-12-18(19)27/h1-2,7-12,14,16,22H,3-6,13H2,(H,33,36)/t14-,16-. The summed E-state index contributed by atoms with van der Waals surface area (Å²) in [6, 6.07) is 6.33. The summed E-state index contributed by atoms with van der Waals surface area (Å²) in [5.74, 6) is -0.434. The van der Waals surface area contributed by atoms with Crippen LogP contribution in [0.3, 0.4) is 0 Å². The van der Waals surface area contributed by atoms with Gasteiger partial charge in [0.15, 0.2) is 5.65 Å². The van der Waals surface area contributed by atoms with Crippen LogP contribution in [0.5, 0.6) is 0 Å². The molecule has 4 aromatic heterocycles. The van der Waals surface area contributed by atoms with E-state index in [0.29, 0.717) is 41.3 Å². The molecule has 5 rings (SSSR count). The van der Waals surface area contributed by atoms with Gasteiger partial charge in [0, 0.05) is 37.4 Å². The molecule has 192 valence electrons. The van der Waals surface area contributed by atoms with Crippen LogP contribution in [0.25, 0.3) is 16.9 Å². The van der Waals surface area contributed by atoms with Crippen molar-refractivity contribution in [1.29, 1.82) is 0 Å². The van der Waals surface area contributed by atoms with Gasteiger partial charge in [-0.25, -0.2) is 23.1 Å². The third-order valence-electron chi connectivity index (χ3n) is 6.64.